The summed E-state index contributed by atoms with van der Waals surface area (Å²) in [6.07, 6.45) is 6.36. The van der Waals surface area contributed by atoms with Crippen LogP contribution < -0.4 is 10.1 Å². The number of aryl methyl sites for hydroxylation is 1. The van der Waals surface area contributed by atoms with Crippen molar-refractivity contribution in [1.29, 1.82) is 0 Å². The number of unbranched alkanes of at least 4 members (excludes halogenated alkanes) is 4. The molecule has 29 heavy (non-hydrogen) atoms. The minimum atomic E-state index is -1.13. The van der Waals surface area contributed by atoms with Gasteiger partial charge in [0.05, 0.1) is 25.4 Å². The van der Waals surface area contributed by atoms with Gasteiger partial charge in [0, 0.05) is 0 Å². The highest BCUT2D eigenvalue weighted by molar-refractivity contribution is 5.68. The Bertz CT molecular complexity index is 576. The molecular weight excluding hydrogens is 370 g/mol. The molecule has 0 heterocycles. The molecule has 1 aromatic carbocycles. The SMILES string of the molecule is CCCCCCCOc1ccc(CCC(CO)(CO)NC(=O)OC(C)(C)C)cc1. The van der Waals surface area contributed by atoms with E-state index in [0.29, 0.717) is 12.8 Å². The molecular formula is C23H39NO5. The van der Waals surface area contributed by atoms with Crippen molar-refractivity contribution in [2.75, 3.05) is 19.8 Å². The molecule has 0 aliphatic rings. The minimum absolute atomic E-state index is 0.373. The number of rotatable bonds is 13. The largest absolute Gasteiger partial charge is 0.494 e. The Morgan fingerprint density at radius 2 is 1.62 bits per heavy atom. The van der Waals surface area contributed by atoms with Crippen LogP contribution in [-0.4, -0.2) is 47.3 Å². The summed E-state index contributed by atoms with van der Waals surface area (Å²) >= 11 is 0. The van der Waals surface area contributed by atoms with Gasteiger partial charge in [-0.25, -0.2) is 4.79 Å². The number of aliphatic hydroxyl groups excluding tert-OH is 2. The monoisotopic (exact) mass is 409 g/mol. The number of aliphatic hydroxyl groups is 2. The summed E-state index contributed by atoms with van der Waals surface area (Å²) in [6, 6.07) is 7.81. The molecule has 0 unspecified atom stereocenters. The van der Waals surface area contributed by atoms with Gasteiger partial charge in [0.2, 0.25) is 0 Å². The van der Waals surface area contributed by atoms with E-state index in [4.69, 9.17) is 9.47 Å². The first-order valence-electron chi connectivity index (χ1n) is 10.7. The van der Waals surface area contributed by atoms with Gasteiger partial charge in [-0.15, -0.1) is 0 Å². The Balaban J connectivity index is 2.50. The van der Waals surface area contributed by atoms with Crippen LogP contribution in [0.25, 0.3) is 0 Å². The number of amides is 1. The molecule has 0 aromatic heterocycles. The molecule has 1 rings (SSSR count). The van der Waals surface area contributed by atoms with Crippen molar-refractivity contribution in [3.8, 4) is 5.75 Å². The van der Waals surface area contributed by atoms with Gasteiger partial charge < -0.3 is 25.0 Å². The highest BCUT2D eigenvalue weighted by Crippen LogP contribution is 2.19. The molecule has 0 radical (unpaired) electrons. The number of hydrogen-bond donors (Lipinski definition) is 3. The molecule has 6 heteroatoms. The highest BCUT2D eigenvalue weighted by Gasteiger charge is 2.32. The standard InChI is InChI=1S/C23H39NO5/c1-5-6-7-8-9-16-28-20-12-10-19(11-13-20)14-15-23(17-25,18-26)24-21(27)29-22(2,3)4/h10-13,25-26H,5-9,14-18H2,1-4H3,(H,24,27). The van der Waals surface area contributed by atoms with Crippen LogP contribution in [0.4, 0.5) is 4.79 Å². The molecule has 1 amide bonds. The lowest BCUT2D eigenvalue weighted by atomic mass is 9.93. The van der Waals surface area contributed by atoms with E-state index in [1.165, 1.54) is 25.7 Å². The van der Waals surface area contributed by atoms with Crippen LogP contribution >= 0.6 is 0 Å². The normalized spacial score (nSPS) is 11.9. The Kier molecular flexibility index (Phi) is 11.1. The van der Waals surface area contributed by atoms with Gasteiger partial charge in [-0.3, -0.25) is 0 Å². The quantitative estimate of drug-likeness (QED) is 0.425. The van der Waals surface area contributed by atoms with Crippen molar-refractivity contribution in [2.45, 2.75) is 83.8 Å². The topological polar surface area (TPSA) is 88.0 Å². The lowest BCUT2D eigenvalue weighted by molar-refractivity contribution is 0.0276. The first-order chi connectivity index (χ1) is 13.7. The van der Waals surface area contributed by atoms with Crippen LogP contribution in [0, 0.1) is 0 Å². The van der Waals surface area contributed by atoms with Crippen LogP contribution in [-0.2, 0) is 11.2 Å². The third-order valence-corrected chi connectivity index (χ3v) is 4.70. The first kappa shape index (κ1) is 25.2. The zero-order valence-corrected chi connectivity index (χ0v) is 18.5. The molecule has 0 spiro atoms. The van der Waals surface area contributed by atoms with Crippen molar-refractivity contribution in [1.82, 2.24) is 5.32 Å². The zero-order chi connectivity index (χ0) is 21.8. The third kappa shape index (κ3) is 10.5. The Morgan fingerprint density at radius 1 is 1.00 bits per heavy atom. The van der Waals surface area contributed by atoms with Gasteiger partial charge in [0.1, 0.15) is 11.4 Å². The van der Waals surface area contributed by atoms with E-state index in [1.807, 2.05) is 24.3 Å². The second-order valence-electron chi connectivity index (χ2n) is 8.63. The fourth-order valence-corrected chi connectivity index (χ4v) is 2.90. The predicted molar refractivity (Wildman–Crippen MR) is 115 cm³/mol. The van der Waals surface area contributed by atoms with Gasteiger partial charge in [-0.2, -0.15) is 0 Å². The molecule has 1 aromatic rings. The molecule has 0 atom stereocenters. The Morgan fingerprint density at radius 3 is 2.17 bits per heavy atom. The number of carbonyl (C=O) groups excluding carboxylic acids is 1. The smallest absolute Gasteiger partial charge is 0.408 e. The molecule has 166 valence electrons. The van der Waals surface area contributed by atoms with E-state index in [-0.39, 0.29) is 13.2 Å². The van der Waals surface area contributed by atoms with Gasteiger partial charge in [-0.05, 0) is 57.7 Å². The molecule has 0 saturated carbocycles. The summed E-state index contributed by atoms with van der Waals surface area (Å²) in [5.41, 5.74) is -0.736. The molecule has 0 aliphatic heterocycles. The van der Waals surface area contributed by atoms with Gasteiger partial charge >= 0.3 is 6.09 Å². The minimum Gasteiger partial charge on any atom is -0.494 e. The number of hydrogen-bond acceptors (Lipinski definition) is 5. The van der Waals surface area contributed by atoms with E-state index in [2.05, 4.69) is 12.2 Å². The fraction of sp³-hybridized carbons (Fsp3) is 0.696. The molecule has 0 fully saturated rings. The van der Waals surface area contributed by atoms with E-state index >= 15 is 0 Å². The van der Waals surface area contributed by atoms with E-state index in [0.717, 1.165) is 24.3 Å². The fourth-order valence-electron chi connectivity index (χ4n) is 2.90. The van der Waals surface area contributed by atoms with Crippen LogP contribution in [0.15, 0.2) is 24.3 Å². The van der Waals surface area contributed by atoms with E-state index in [9.17, 15) is 15.0 Å². The molecule has 0 aliphatic carbocycles. The van der Waals surface area contributed by atoms with Crippen LogP contribution in [0.5, 0.6) is 5.75 Å². The maximum absolute atomic E-state index is 12.1. The maximum atomic E-state index is 12.1. The second kappa shape index (κ2) is 12.7. The maximum Gasteiger partial charge on any atom is 0.408 e. The molecule has 3 N–H and O–H groups in total. The van der Waals surface area contributed by atoms with Crippen molar-refractivity contribution in [2.24, 2.45) is 0 Å². The predicted octanol–water partition coefficient (Wildman–Crippen LogP) is 4.22. The lowest BCUT2D eigenvalue weighted by Crippen LogP contribution is -2.55. The van der Waals surface area contributed by atoms with E-state index in [1.54, 1.807) is 20.8 Å². The van der Waals surface area contributed by atoms with Gasteiger partial charge in [0.15, 0.2) is 0 Å². The number of benzene rings is 1. The van der Waals surface area contributed by atoms with Crippen molar-refractivity contribution < 1.29 is 24.5 Å². The molecule has 6 nitrogen and oxygen atoms in total. The third-order valence-electron chi connectivity index (χ3n) is 4.70. The number of alkyl carbamates (subject to hydrolysis) is 1. The van der Waals surface area contributed by atoms with Crippen LogP contribution in [0.1, 0.15) is 71.8 Å². The summed E-state index contributed by atoms with van der Waals surface area (Å²) in [6.45, 7) is 7.48. The zero-order valence-electron chi connectivity index (χ0n) is 18.5. The first-order valence-corrected chi connectivity index (χ1v) is 10.7. The number of ether oxygens (including phenoxy) is 2. The van der Waals surface area contributed by atoms with Crippen LogP contribution in [0.3, 0.4) is 0 Å². The average molecular weight is 410 g/mol. The van der Waals surface area contributed by atoms with Crippen molar-refractivity contribution in [3.05, 3.63) is 29.8 Å². The Labute approximate surface area is 175 Å². The summed E-state index contributed by atoms with van der Waals surface area (Å²) in [5, 5.41) is 22.2. The summed E-state index contributed by atoms with van der Waals surface area (Å²) in [5.74, 6) is 0.840. The lowest BCUT2D eigenvalue weighted by Gasteiger charge is -2.32. The number of carbonyl (C=O) groups is 1. The summed E-state index contributed by atoms with van der Waals surface area (Å²) in [7, 11) is 0. The van der Waals surface area contributed by atoms with Gasteiger partial charge in [-0.1, -0.05) is 44.7 Å². The van der Waals surface area contributed by atoms with Crippen molar-refractivity contribution in [3.63, 3.8) is 0 Å². The Hall–Kier alpha value is -1.79. The van der Waals surface area contributed by atoms with Crippen molar-refractivity contribution >= 4 is 6.09 Å². The highest BCUT2D eigenvalue weighted by atomic mass is 16.6. The van der Waals surface area contributed by atoms with E-state index < -0.39 is 17.2 Å². The molecule has 0 saturated heterocycles. The van der Waals surface area contributed by atoms with Crippen LogP contribution in [0.2, 0.25) is 0 Å². The second-order valence-corrected chi connectivity index (χ2v) is 8.63. The number of nitrogens with one attached hydrogen (secondary N) is 1. The summed E-state index contributed by atoms with van der Waals surface area (Å²) in [4.78, 5) is 12.1. The molecule has 0 bridgehead atoms. The summed E-state index contributed by atoms with van der Waals surface area (Å²) < 4.78 is 11.0. The average Bonchev–Trinajstić information content (AvgIpc) is 2.67. The van der Waals surface area contributed by atoms with Gasteiger partial charge in [0.25, 0.3) is 0 Å².